The molecule has 100 valence electrons. The van der Waals surface area contributed by atoms with E-state index in [4.69, 9.17) is 5.11 Å². The second-order valence-electron chi connectivity index (χ2n) is 2.92. The van der Waals surface area contributed by atoms with E-state index in [1.807, 2.05) is 0 Å². The molecule has 0 fully saturated rings. The summed E-state index contributed by atoms with van der Waals surface area (Å²) in [7, 11) is 1.06. The fourth-order valence-electron chi connectivity index (χ4n) is 1.18. The number of pyridine rings is 1. The van der Waals surface area contributed by atoms with Gasteiger partial charge in [0.25, 0.3) is 0 Å². The van der Waals surface area contributed by atoms with Gasteiger partial charge in [-0.2, -0.15) is 0 Å². The van der Waals surface area contributed by atoms with Crippen LogP contribution >= 0.6 is 0 Å². The zero-order valence-corrected chi connectivity index (χ0v) is 8.89. The normalized spacial score (nSPS) is 11.2. The van der Waals surface area contributed by atoms with Crippen molar-refractivity contribution in [3.05, 3.63) is 21.9 Å². The topological polar surface area (TPSA) is 94.7 Å². The number of aliphatic hydroxyl groups excluding tert-OH is 1. The summed E-state index contributed by atoms with van der Waals surface area (Å²) in [5, 5.41) is 19.5. The molecular formula is C8H7F3N2O5. The third kappa shape index (κ3) is 3.20. The summed E-state index contributed by atoms with van der Waals surface area (Å²) in [4.78, 5) is 12.9. The molecule has 1 N–H and O–H groups in total. The number of methoxy groups -OCH3 is 1. The Morgan fingerprint density at radius 1 is 1.56 bits per heavy atom. The number of hydrogen-bond acceptors (Lipinski definition) is 6. The summed E-state index contributed by atoms with van der Waals surface area (Å²) in [6.07, 6.45) is -5.04. The molecular weight excluding hydrogens is 261 g/mol. The second-order valence-corrected chi connectivity index (χ2v) is 2.92. The van der Waals surface area contributed by atoms with Crippen LogP contribution in [-0.2, 0) is 6.61 Å². The predicted molar refractivity (Wildman–Crippen MR) is 50.0 cm³/mol. The van der Waals surface area contributed by atoms with Crippen LogP contribution in [0.3, 0.4) is 0 Å². The van der Waals surface area contributed by atoms with Gasteiger partial charge in [0.2, 0.25) is 11.6 Å². The minimum atomic E-state index is -5.04. The minimum Gasteiger partial charge on any atom is -0.489 e. The van der Waals surface area contributed by atoms with Gasteiger partial charge in [0.15, 0.2) is 0 Å². The Kier molecular flexibility index (Phi) is 3.91. The zero-order chi connectivity index (χ0) is 13.9. The molecule has 0 aliphatic carbocycles. The molecule has 0 atom stereocenters. The largest absolute Gasteiger partial charge is 0.574 e. The first-order valence-corrected chi connectivity index (χ1v) is 4.37. The van der Waals surface area contributed by atoms with Gasteiger partial charge >= 0.3 is 12.0 Å². The molecule has 18 heavy (non-hydrogen) atoms. The number of aliphatic hydroxyl groups is 1. The number of aromatic nitrogens is 1. The van der Waals surface area contributed by atoms with Crippen molar-refractivity contribution in [2.24, 2.45) is 0 Å². The second kappa shape index (κ2) is 5.04. The van der Waals surface area contributed by atoms with Crippen molar-refractivity contribution in [3.8, 4) is 11.6 Å². The predicted octanol–water partition coefficient (Wildman–Crippen LogP) is 1.39. The standard InChI is InChI=1S/C8H7F3N2O5/c1-17-7-4(3-14)12-6(18-8(9,10)11)2-5(7)13(15)16/h2,14H,3H2,1H3. The van der Waals surface area contributed by atoms with Crippen LogP contribution in [0.15, 0.2) is 6.07 Å². The molecule has 10 heteroatoms. The van der Waals surface area contributed by atoms with Crippen LogP contribution in [0.25, 0.3) is 0 Å². The first-order valence-electron chi connectivity index (χ1n) is 4.37. The maximum absolute atomic E-state index is 12.0. The van der Waals surface area contributed by atoms with Crippen LogP contribution in [0.1, 0.15) is 5.69 Å². The molecule has 1 rings (SSSR count). The van der Waals surface area contributed by atoms with Crippen LogP contribution in [-0.4, -0.2) is 28.5 Å². The van der Waals surface area contributed by atoms with Crippen molar-refractivity contribution in [2.75, 3.05) is 7.11 Å². The van der Waals surface area contributed by atoms with Gasteiger partial charge in [-0.3, -0.25) is 10.1 Å². The van der Waals surface area contributed by atoms with Crippen molar-refractivity contribution < 1.29 is 32.7 Å². The van der Waals surface area contributed by atoms with Crippen LogP contribution in [0, 0.1) is 10.1 Å². The van der Waals surface area contributed by atoms with Gasteiger partial charge < -0.3 is 14.6 Å². The number of nitrogens with zero attached hydrogens (tertiary/aromatic N) is 2. The molecule has 1 aromatic rings. The highest BCUT2D eigenvalue weighted by atomic mass is 19.4. The third-order valence-corrected chi connectivity index (χ3v) is 1.77. The lowest BCUT2D eigenvalue weighted by Crippen LogP contribution is -2.18. The number of ether oxygens (including phenoxy) is 2. The Morgan fingerprint density at radius 3 is 2.56 bits per heavy atom. The van der Waals surface area contributed by atoms with E-state index in [2.05, 4.69) is 14.5 Å². The van der Waals surface area contributed by atoms with E-state index in [1.54, 1.807) is 0 Å². The van der Waals surface area contributed by atoms with E-state index in [9.17, 15) is 23.3 Å². The van der Waals surface area contributed by atoms with Gasteiger partial charge in [0.1, 0.15) is 5.69 Å². The molecule has 0 aromatic carbocycles. The van der Waals surface area contributed by atoms with Crippen molar-refractivity contribution in [2.45, 2.75) is 13.0 Å². The highest BCUT2D eigenvalue weighted by molar-refractivity contribution is 5.51. The average Bonchev–Trinajstić information content (AvgIpc) is 2.25. The van der Waals surface area contributed by atoms with Gasteiger partial charge in [0.05, 0.1) is 24.7 Å². The fourth-order valence-corrected chi connectivity index (χ4v) is 1.18. The molecule has 0 amide bonds. The van der Waals surface area contributed by atoms with E-state index >= 15 is 0 Å². The summed E-state index contributed by atoms with van der Waals surface area (Å²) in [5.41, 5.74) is -1.21. The van der Waals surface area contributed by atoms with E-state index in [1.165, 1.54) is 0 Å². The molecule has 0 bridgehead atoms. The maximum atomic E-state index is 12.0. The fraction of sp³-hybridized carbons (Fsp3) is 0.375. The summed E-state index contributed by atoms with van der Waals surface area (Å²) in [6.45, 7) is -0.834. The Bertz CT molecular complexity index is 463. The van der Waals surface area contributed by atoms with E-state index < -0.39 is 40.9 Å². The third-order valence-electron chi connectivity index (χ3n) is 1.77. The van der Waals surface area contributed by atoms with Crippen LogP contribution in [0.5, 0.6) is 11.6 Å². The number of hydrogen-bond donors (Lipinski definition) is 1. The van der Waals surface area contributed by atoms with E-state index in [0.717, 1.165) is 7.11 Å². The molecule has 0 spiro atoms. The molecule has 0 unspecified atom stereocenters. The monoisotopic (exact) mass is 268 g/mol. The van der Waals surface area contributed by atoms with E-state index in [-0.39, 0.29) is 0 Å². The number of nitro groups is 1. The summed E-state index contributed by atoms with van der Waals surface area (Å²) in [6, 6.07) is 0.464. The quantitative estimate of drug-likeness (QED) is 0.655. The molecule has 7 nitrogen and oxygen atoms in total. The number of rotatable bonds is 4. The van der Waals surface area contributed by atoms with Crippen molar-refractivity contribution in [1.29, 1.82) is 0 Å². The molecule has 1 heterocycles. The van der Waals surface area contributed by atoms with Crippen molar-refractivity contribution in [3.63, 3.8) is 0 Å². The Labute approximate surface area is 97.9 Å². The maximum Gasteiger partial charge on any atom is 0.574 e. The summed E-state index contributed by atoms with van der Waals surface area (Å²) in [5.74, 6) is -1.46. The molecule has 0 saturated heterocycles. The summed E-state index contributed by atoms with van der Waals surface area (Å²) < 4.78 is 44.0. The van der Waals surface area contributed by atoms with Gasteiger partial charge in [-0.05, 0) is 0 Å². The lowest BCUT2D eigenvalue weighted by molar-refractivity contribution is -0.386. The van der Waals surface area contributed by atoms with Gasteiger partial charge in [-0.1, -0.05) is 0 Å². The Hall–Kier alpha value is -2.10. The first kappa shape index (κ1) is 14.0. The molecule has 1 aromatic heterocycles. The summed E-state index contributed by atoms with van der Waals surface area (Å²) >= 11 is 0. The van der Waals surface area contributed by atoms with Crippen LogP contribution in [0.4, 0.5) is 18.9 Å². The van der Waals surface area contributed by atoms with Crippen LogP contribution < -0.4 is 9.47 Å². The van der Waals surface area contributed by atoms with E-state index in [0.29, 0.717) is 6.07 Å². The lowest BCUT2D eigenvalue weighted by atomic mass is 10.3. The highest BCUT2D eigenvalue weighted by Crippen LogP contribution is 2.34. The van der Waals surface area contributed by atoms with Gasteiger partial charge in [0, 0.05) is 0 Å². The average molecular weight is 268 g/mol. The molecule has 0 radical (unpaired) electrons. The van der Waals surface area contributed by atoms with Crippen LogP contribution in [0.2, 0.25) is 0 Å². The smallest absolute Gasteiger partial charge is 0.489 e. The lowest BCUT2D eigenvalue weighted by Gasteiger charge is -2.11. The molecule has 0 aliphatic rings. The Morgan fingerprint density at radius 2 is 2.17 bits per heavy atom. The first-order chi connectivity index (χ1) is 8.28. The van der Waals surface area contributed by atoms with Gasteiger partial charge in [-0.25, -0.2) is 4.98 Å². The number of halogens is 3. The molecule has 0 saturated carbocycles. The Balaban J connectivity index is 3.32. The minimum absolute atomic E-state index is 0.419. The number of alkyl halides is 3. The molecule has 0 aliphatic heterocycles. The zero-order valence-electron chi connectivity index (χ0n) is 8.89. The van der Waals surface area contributed by atoms with Crippen molar-refractivity contribution in [1.82, 2.24) is 4.98 Å². The van der Waals surface area contributed by atoms with Crippen molar-refractivity contribution >= 4 is 5.69 Å². The highest BCUT2D eigenvalue weighted by Gasteiger charge is 2.34. The SMILES string of the molecule is COc1c([N+](=O)[O-])cc(OC(F)(F)F)nc1CO. The van der Waals surface area contributed by atoms with Gasteiger partial charge in [-0.15, -0.1) is 13.2 Å².